The molecule has 2 aromatic heterocycles. The number of nitrogens with one attached hydrogen (secondary N) is 2. The van der Waals surface area contributed by atoms with Crippen LogP contribution < -0.4 is 11.1 Å². The molecule has 40 heavy (non-hydrogen) atoms. The number of para-hydroxylation sites is 1. The molecule has 0 unspecified atom stereocenters. The highest BCUT2D eigenvalue weighted by Gasteiger charge is 2.29. The number of amides is 1. The van der Waals surface area contributed by atoms with E-state index in [4.69, 9.17) is 10.8 Å². The van der Waals surface area contributed by atoms with Gasteiger partial charge in [0.05, 0.1) is 18.1 Å². The van der Waals surface area contributed by atoms with Crippen LogP contribution in [0.25, 0.3) is 10.9 Å². The van der Waals surface area contributed by atoms with Gasteiger partial charge in [-0.1, -0.05) is 79.7 Å². The predicted molar refractivity (Wildman–Crippen MR) is 160 cm³/mol. The first kappa shape index (κ1) is 27.3. The lowest BCUT2D eigenvalue weighted by Gasteiger charge is -2.25. The summed E-state index contributed by atoms with van der Waals surface area (Å²) in [6.45, 7) is 6.21. The van der Waals surface area contributed by atoms with E-state index in [9.17, 15) is 4.79 Å². The molecule has 0 aliphatic carbocycles. The average Bonchev–Trinajstić information content (AvgIpc) is 3.56. The maximum Gasteiger partial charge on any atom is 0.240 e. The van der Waals surface area contributed by atoms with Crippen molar-refractivity contribution in [1.82, 2.24) is 25.1 Å². The molecule has 3 aromatic carbocycles. The largest absolute Gasteiger partial charge is 0.361 e. The number of rotatable bonds is 11. The molecule has 7 heteroatoms. The molecule has 0 spiro atoms. The molecule has 0 bridgehead atoms. The number of carbonyl (C=O) groups is 1. The Hall–Kier alpha value is -4.23. The van der Waals surface area contributed by atoms with Crippen LogP contribution in [0.1, 0.15) is 60.7 Å². The lowest BCUT2D eigenvalue weighted by Crippen LogP contribution is -2.50. The minimum absolute atomic E-state index is 0.231. The van der Waals surface area contributed by atoms with Gasteiger partial charge in [0.2, 0.25) is 5.91 Å². The van der Waals surface area contributed by atoms with Gasteiger partial charge in [0.15, 0.2) is 5.82 Å². The van der Waals surface area contributed by atoms with Crippen LogP contribution in [0.3, 0.4) is 0 Å². The number of hydrogen-bond donors (Lipinski definition) is 3. The number of hydrogen-bond acceptors (Lipinski definition) is 4. The average molecular weight is 535 g/mol. The number of aryl methyl sites for hydroxylation is 3. The molecule has 0 saturated heterocycles. The molecule has 0 saturated carbocycles. The molecule has 0 aliphatic rings. The molecule has 0 radical (unpaired) electrons. The fourth-order valence-electron chi connectivity index (χ4n) is 5.00. The number of nitrogens with zero attached hydrogens (tertiary/aromatic N) is 3. The molecule has 1 amide bonds. The fraction of sp³-hybridized carbons (Fsp3) is 0.303. The van der Waals surface area contributed by atoms with Crippen molar-refractivity contribution < 1.29 is 4.79 Å². The van der Waals surface area contributed by atoms with E-state index in [2.05, 4.69) is 87.6 Å². The zero-order valence-electron chi connectivity index (χ0n) is 23.5. The molecule has 5 aromatic rings. The van der Waals surface area contributed by atoms with E-state index in [-0.39, 0.29) is 5.91 Å². The Kier molecular flexibility index (Phi) is 8.12. The van der Waals surface area contributed by atoms with Crippen LogP contribution in [0, 0.1) is 0 Å². The van der Waals surface area contributed by atoms with E-state index in [1.165, 1.54) is 11.1 Å². The van der Waals surface area contributed by atoms with Crippen molar-refractivity contribution in [2.45, 2.75) is 64.6 Å². The van der Waals surface area contributed by atoms with Gasteiger partial charge in [-0.25, -0.2) is 0 Å². The van der Waals surface area contributed by atoms with Crippen LogP contribution >= 0.6 is 0 Å². The third kappa shape index (κ3) is 6.32. The Morgan fingerprint density at radius 3 is 2.35 bits per heavy atom. The van der Waals surface area contributed by atoms with Crippen molar-refractivity contribution in [3.63, 3.8) is 0 Å². The molecular formula is C33H38N6O. The first-order chi connectivity index (χ1) is 19.3. The van der Waals surface area contributed by atoms with Gasteiger partial charge in [-0.15, -0.1) is 10.2 Å². The Balaban J connectivity index is 1.53. The van der Waals surface area contributed by atoms with Gasteiger partial charge in [0.1, 0.15) is 5.82 Å². The maximum atomic E-state index is 13.2. The zero-order valence-corrected chi connectivity index (χ0v) is 23.5. The molecular weight excluding hydrogens is 496 g/mol. The monoisotopic (exact) mass is 534 g/mol. The summed E-state index contributed by atoms with van der Waals surface area (Å²) in [7, 11) is 0. The molecule has 2 heterocycles. The van der Waals surface area contributed by atoms with E-state index in [0.29, 0.717) is 13.0 Å². The number of benzene rings is 3. The fourth-order valence-corrected chi connectivity index (χ4v) is 5.00. The summed E-state index contributed by atoms with van der Waals surface area (Å²) in [5.41, 5.74) is 11.1. The summed E-state index contributed by atoms with van der Waals surface area (Å²) in [4.78, 5) is 16.6. The third-order valence-corrected chi connectivity index (χ3v) is 7.41. The minimum atomic E-state index is -1.03. The standard InChI is InChI=1S/C33H38N6O/c1-4-23-14-16-25(17-15-23)22-39-30(19-18-24-10-6-5-7-11-24)37-38-31(39)29(36-32(40)33(2,3)34)20-26-21-35-28-13-9-8-12-27(26)28/h5-17,21,29,35H,4,18-20,22,34H2,1-3H3,(H,36,40)/t29-/m1/s1. The Bertz CT molecular complexity index is 1560. The topological polar surface area (TPSA) is 102 Å². The third-order valence-electron chi connectivity index (χ3n) is 7.41. The smallest absolute Gasteiger partial charge is 0.240 e. The van der Waals surface area contributed by atoms with Crippen LogP contribution in [0.4, 0.5) is 0 Å². The first-order valence-electron chi connectivity index (χ1n) is 14.0. The first-order valence-corrected chi connectivity index (χ1v) is 14.0. The summed E-state index contributed by atoms with van der Waals surface area (Å²) in [5.74, 6) is 1.39. The molecule has 0 aliphatic heterocycles. The predicted octanol–water partition coefficient (Wildman–Crippen LogP) is 5.29. The summed E-state index contributed by atoms with van der Waals surface area (Å²) < 4.78 is 2.17. The number of fused-ring (bicyclic) bond motifs is 1. The van der Waals surface area contributed by atoms with Gasteiger partial charge in [-0.3, -0.25) is 4.79 Å². The number of carbonyl (C=O) groups excluding carboxylic acids is 1. The van der Waals surface area contributed by atoms with E-state index in [0.717, 1.165) is 52.9 Å². The summed E-state index contributed by atoms with van der Waals surface area (Å²) >= 11 is 0. The van der Waals surface area contributed by atoms with E-state index in [1.54, 1.807) is 13.8 Å². The summed E-state index contributed by atoms with van der Waals surface area (Å²) in [5, 5.41) is 13.7. The van der Waals surface area contributed by atoms with Gasteiger partial charge in [-0.05, 0) is 55.0 Å². The second kappa shape index (κ2) is 11.9. The minimum Gasteiger partial charge on any atom is -0.361 e. The van der Waals surface area contributed by atoms with E-state index < -0.39 is 11.6 Å². The maximum absolute atomic E-state index is 13.2. The second-order valence-corrected chi connectivity index (χ2v) is 11.0. The number of H-pyrrole nitrogens is 1. The van der Waals surface area contributed by atoms with Crippen LogP contribution in [0.15, 0.2) is 85.1 Å². The van der Waals surface area contributed by atoms with E-state index >= 15 is 0 Å². The molecule has 0 fully saturated rings. The number of aromatic amines is 1. The summed E-state index contributed by atoms with van der Waals surface area (Å²) in [6.07, 6.45) is 5.15. The highest BCUT2D eigenvalue weighted by atomic mass is 16.2. The van der Waals surface area contributed by atoms with Crippen LogP contribution in [0.5, 0.6) is 0 Å². The normalized spacial score (nSPS) is 12.5. The quantitative estimate of drug-likeness (QED) is 0.214. The highest BCUT2D eigenvalue weighted by molar-refractivity contribution is 5.86. The molecule has 5 rings (SSSR count). The van der Waals surface area contributed by atoms with Crippen LogP contribution in [0.2, 0.25) is 0 Å². The van der Waals surface area contributed by atoms with Crippen molar-refractivity contribution in [2.75, 3.05) is 0 Å². The second-order valence-electron chi connectivity index (χ2n) is 11.0. The van der Waals surface area contributed by atoms with Gasteiger partial charge in [-0.2, -0.15) is 0 Å². The van der Waals surface area contributed by atoms with Crippen molar-refractivity contribution in [3.05, 3.63) is 119 Å². The van der Waals surface area contributed by atoms with Crippen molar-refractivity contribution in [2.24, 2.45) is 5.73 Å². The van der Waals surface area contributed by atoms with Crippen LogP contribution in [-0.2, 0) is 37.0 Å². The molecule has 4 N–H and O–H groups in total. The van der Waals surface area contributed by atoms with Gasteiger partial charge < -0.3 is 20.6 Å². The van der Waals surface area contributed by atoms with Gasteiger partial charge in [0, 0.05) is 29.9 Å². The zero-order chi connectivity index (χ0) is 28.1. The number of nitrogens with two attached hydrogens (primary N) is 1. The van der Waals surface area contributed by atoms with Crippen molar-refractivity contribution >= 4 is 16.8 Å². The molecule has 7 nitrogen and oxygen atoms in total. The SMILES string of the molecule is CCc1ccc(Cn2c(CCc3ccccc3)nnc2[C@@H](Cc2c[nH]c3ccccc23)NC(=O)C(C)(C)N)cc1. The van der Waals surface area contributed by atoms with Gasteiger partial charge >= 0.3 is 0 Å². The number of aromatic nitrogens is 4. The van der Waals surface area contributed by atoms with Crippen LogP contribution in [-0.4, -0.2) is 31.2 Å². The van der Waals surface area contributed by atoms with Crippen molar-refractivity contribution in [1.29, 1.82) is 0 Å². The van der Waals surface area contributed by atoms with E-state index in [1.807, 2.05) is 24.4 Å². The Morgan fingerprint density at radius 2 is 1.62 bits per heavy atom. The summed E-state index contributed by atoms with van der Waals surface area (Å²) in [6, 6.07) is 26.9. The molecule has 1 atom stereocenters. The van der Waals surface area contributed by atoms with Gasteiger partial charge in [0.25, 0.3) is 0 Å². The lowest BCUT2D eigenvalue weighted by molar-refractivity contribution is -0.126. The Morgan fingerprint density at radius 1 is 0.925 bits per heavy atom. The Labute approximate surface area is 235 Å². The highest BCUT2D eigenvalue weighted by Crippen LogP contribution is 2.26. The molecule has 206 valence electrons. The van der Waals surface area contributed by atoms with Crippen molar-refractivity contribution in [3.8, 4) is 0 Å². The lowest BCUT2D eigenvalue weighted by atomic mass is 10.0.